The zero-order valence-corrected chi connectivity index (χ0v) is 12.0. The van der Waals surface area contributed by atoms with Gasteiger partial charge in [-0.05, 0) is 26.0 Å². The van der Waals surface area contributed by atoms with Gasteiger partial charge in [-0.1, -0.05) is 0 Å². The van der Waals surface area contributed by atoms with Gasteiger partial charge in [-0.15, -0.1) is 0 Å². The summed E-state index contributed by atoms with van der Waals surface area (Å²) in [5.74, 6) is -0.377. The van der Waals surface area contributed by atoms with E-state index in [4.69, 9.17) is 0 Å². The van der Waals surface area contributed by atoms with Gasteiger partial charge in [-0.2, -0.15) is 0 Å². The van der Waals surface area contributed by atoms with Crippen LogP contribution in [0.25, 0.3) is 0 Å². The van der Waals surface area contributed by atoms with Gasteiger partial charge in [0.1, 0.15) is 5.69 Å². The molecular formula is C13H19N3O4. The molecule has 0 aliphatic heterocycles. The second kappa shape index (κ2) is 5.87. The largest absolute Gasteiger partial charge is 0.389 e. The Morgan fingerprint density at radius 1 is 1.50 bits per heavy atom. The first-order valence-corrected chi connectivity index (χ1v) is 6.10. The number of hydrogen-bond acceptors (Lipinski definition) is 5. The molecule has 1 aromatic carbocycles. The van der Waals surface area contributed by atoms with Gasteiger partial charge in [0.25, 0.3) is 11.6 Å². The van der Waals surface area contributed by atoms with Crippen LogP contribution in [0.2, 0.25) is 0 Å². The van der Waals surface area contributed by atoms with Crippen LogP contribution in [0.15, 0.2) is 18.2 Å². The topological polar surface area (TPSA) is 95.7 Å². The highest BCUT2D eigenvalue weighted by Gasteiger charge is 2.22. The van der Waals surface area contributed by atoms with Crippen LogP contribution in [0, 0.1) is 10.1 Å². The molecule has 0 aliphatic carbocycles. The van der Waals surface area contributed by atoms with Crippen molar-refractivity contribution in [1.82, 2.24) is 4.90 Å². The highest BCUT2D eigenvalue weighted by Crippen LogP contribution is 2.25. The number of nitro groups is 1. The lowest BCUT2D eigenvalue weighted by atomic mass is 10.1. The van der Waals surface area contributed by atoms with Crippen molar-refractivity contribution in [2.45, 2.75) is 19.4 Å². The molecule has 0 spiro atoms. The minimum absolute atomic E-state index is 0.132. The lowest BCUT2D eigenvalue weighted by Gasteiger charge is -2.25. The van der Waals surface area contributed by atoms with E-state index < -0.39 is 10.5 Å². The number of carbonyl (C=O) groups excluding carboxylic acids is 1. The van der Waals surface area contributed by atoms with E-state index in [9.17, 15) is 20.0 Å². The molecular weight excluding hydrogens is 262 g/mol. The van der Waals surface area contributed by atoms with E-state index in [2.05, 4.69) is 5.32 Å². The quantitative estimate of drug-likeness (QED) is 0.629. The molecule has 0 atom stereocenters. The average molecular weight is 281 g/mol. The van der Waals surface area contributed by atoms with Crippen LogP contribution in [-0.2, 0) is 0 Å². The maximum Gasteiger partial charge on any atom is 0.293 e. The van der Waals surface area contributed by atoms with Gasteiger partial charge in [-0.25, -0.2) is 0 Å². The number of aliphatic hydroxyl groups is 1. The van der Waals surface area contributed by atoms with Crippen molar-refractivity contribution in [3.05, 3.63) is 33.9 Å². The van der Waals surface area contributed by atoms with Crippen molar-refractivity contribution in [2.75, 3.05) is 26.0 Å². The molecule has 7 nitrogen and oxygen atoms in total. The number of benzene rings is 1. The predicted octanol–water partition coefficient (Wildman–Crippen LogP) is 1.48. The zero-order chi connectivity index (χ0) is 15.5. The number of carbonyl (C=O) groups is 1. The van der Waals surface area contributed by atoms with Gasteiger partial charge in [-0.3, -0.25) is 14.9 Å². The SMILES string of the molecule is CNc1ccc(C(=O)N(C)CC(C)(C)O)cc1[N+](=O)[O-]. The standard InChI is InChI=1S/C13H19N3O4/c1-13(2,18)8-15(4)12(17)9-5-6-10(14-3)11(7-9)16(19)20/h5-7,14,18H,8H2,1-4H3. The normalized spacial score (nSPS) is 11.1. The summed E-state index contributed by atoms with van der Waals surface area (Å²) < 4.78 is 0. The summed E-state index contributed by atoms with van der Waals surface area (Å²) in [6, 6.07) is 4.24. The first kappa shape index (κ1) is 15.9. The van der Waals surface area contributed by atoms with E-state index >= 15 is 0 Å². The summed E-state index contributed by atoms with van der Waals surface area (Å²) in [6.45, 7) is 3.31. The van der Waals surface area contributed by atoms with E-state index in [0.29, 0.717) is 5.69 Å². The first-order valence-electron chi connectivity index (χ1n) is 6.10. The molecule has 0 unspecified atom stereocenters. The number of nitrogens with zero attached hydrogens (tertiary/aromatic N) is 2. The lowest BCUT2D eigenvalue weighted by molar-refractivity contribution is -0.384. The minimum Gasteiger partial charge on any atom is -0.389 e. The molecule has 1 amide bonds. The van der Waals surface area contributed by atoms with Crippen LogP contribution in [0.1, 0.15) is 24.2 Å². The van der Waals surface area contributed by atoms with Crippen LogP contribution < -0.4 is 5.32 Å². The third-order valence-electron chi connectivity index (χ3n) is 2.68. The fourth-order valence-corrected chi connectivity index (χ4v) is 1.90. The molecule has 0 bridgehead atoms. The van der Waals surface area contributed by atoms with E-state index in [1.165, 1.54) is 30.1 Å². The Morgan fingerprint density at radius 2 is 2.10 bits per heavy atom. The number of hydrogen-bond donors (Lipinski definition) is 2. The second-order valence-corrected chi connectivity index (χ2v) is 5.21. The van der Waals surface area contributed by atoms with Crippen LogP contribution >= 0.6 is 0 Å². The highest BCUT2D eigenvalue weighted by atomic mass is 16.6. The molecule has 0 saturated carbocycles. The third-order valence-corrected chi connectivity index (χ3v) is 2.68. The molecule has 2 N–H and O–H groups in total. The van der Waals surface area contributed by atoms with Crippen LogP contribution in [0.4, 0.5) is 11.4 Å². The number of nitro benzene ring substituents is 1. The average Bonchev–Trinajstić information content (AvgIpc) is 2.34. The van der Waals surface area contributed by atoms with E-state index in [-0.39, 0.29) is 23.7 Å². The molecule has 0 radical (unpaired) electrons. The van der Waals surface area contributed by atoms with Crippen molar-refractivity contribution in [3.63, 3.8) is 0 Å². The Labute approximate surface area is 117 Å². The Bertz CT molecular complexity index is 523. The van der Waals surface area contributed by atoms with Crippen molar-refractivity contribution in [3.8, 4) is 0 Å². The molecule has 0 heterocycles. The smallest absolute Gasteiger partial charge is 0.293 e. The maximum absolute atomic E-state index is 12.2. The number of nitrogens with one attached hydrogen (secondary N) is 1. The molecule has 1 rings (SSSR count). The molecule has 110 valence electrons. The Kier molecular flexibility index (Phi) is 4.67. The van der Waals surface area contributed by atoms with Crippen LogP contribution in [-0.4, -0.2) is 47.1 Å². The Hall–Kier alpha value is -2.15. The third kappa shape index (κ3) is 3.92. The van der Waals surface area contributed by atoms with Gasteiger partial charge < -0.3 is 15.3 Å². The molecule has 0 saturated heterocycles. The van der Waals surface area contributed by atoms with Gasteiger partial charge >= 0.3 is 0 Å². The van der Waals surface area contributed by atoms with Crippen molar-refractivity contribution < 1.29 is 14.8 Å². The number of rotatable bonds is 5. The first-order chi connectivity index (χ1) is 9.15. The number of anilines is 1. The molecule has 7 heteroatoms. The molecule has 0 aliphatic rings. The zero-order valence-electron chi connectivity index (χ0n) is 12.0. The summed E-state index contributed by atoms with van der Waals surface area (Å²) in [6.07, 6.45) is 0. The Balaban J connectivity index is 3.05. The second-order valence-electron chi connectivity index (χ2n) is 5.21. The summed E-state index contributed by atoms with van der Waals surface area (Å²) in [5, 5.41) is 23.4. The maximum atomic E-state index is 12.2. The van der Waals surface area contributed by atoms with E-state index in [0.717, 1.165) is 0 Å². The fourth-order valence-electron chi connectivity index (χ4n) is 1.90. The lowest BCUT2D eigenvalue weighted by Crippen LogP contribution is -2.39. The monoisotopic (exact) mass is 281 g/mol. The number of amides is 1. The van der Waals surface area contributed by atoms with Crippen molar-refractivity contribution in [2.24, 2.45) is 0 Å². The van der Waals surface area contributed by atoms with Crippen molar-refractivity contribution >= 4 is 17.3 Å². The molecule has 1 aromatic rings. The minimum atomic E-state index is -1.03. The molecule has 0 fully saturated rings. The summed E-state index contributed by atoms with van der Waals surface area (Å²) in [7, 11) is 3.11. The Morgan fingerprint density at radius 3 is 2.55 bits per heavy atom. The van der Waals surface area contributed by atoms with Crippen molar-refractivity contribution in [1.29, 1.82) is 0 Å². The fraction of sp³-hybridized carbons (Fsp3) is 0.462. The number of likely N-dealkylation sites (N-methyl/N-ethyl adjacent to an activating group) is 1. The summed E-state index contributed by atoms with van der Waals surface area (Å²) in [5.41, 5.74) is -0.629. The van der Waals surface area contributed by atoms with Gasteiger partial charge in [0, 0.05) is 32.3 Å². The van der Waals surface area contributed by atoms with Crippen LogP contribution in [0.3, 0.4) is 0 Å². The van der Waals surface area contributed by atoms with Gasteiger partial charge in [0.15, 0.2) is 0 Å². The van der Waals surface area contributed by atoms with Crippen LogP contribution in [0.5, 0.6) is 0 Å². The van der Waals surface area contributed by atoms with Gasteiger partial charge in [0.05, 0.1) is 10.5 Å². The van der Waals surface area contributed by atoms with E-state index in [1.807, 2.05) is 0 Å². The van der Waals surface area contributed by atoms with E-state index in [1.54, 1.807) is 20.9 Å². The predicted molar refractivity (Wildman–Crippen MR) is 75.9 cm³/mol. The van der Waals surface area contributed by atoms with Gasteiger partial charge in [0.2, 0.25) is 0 Å². The highest BCUT2D eigenvalue weighted by molar-refractivity contribution is 5.95. The summed E-state index contributed by atoms with van der Waals surface area (Å²) >= 11 is 0. The molecule has 20 heavy (non-hydrogen) atoms. The summed E-state index contributed by atoms with van der Waals surface area (Å²) in [4.78, 5) is 23.9. The molecule has 0 aromatic heterocycles.